The molecule has 2 amide bonds. The lowest BCUT2D eigenvalue weighted by atomic mass is 9.97. The van der Waals surface area contributed by atoms with Crippen LogP contribution in [0.15, 0.2) is 0 Å². The molecule has 1 heterocycles. The molecule has 0 radical (unpaired) electrons. The molecule has 0 spiro atoms. The SMILES string of the molecule is CCCN1CCC(CNC(=O)NC(C)(CO)C2CC2)C1. The molecule has 3 N–H and O–H groups in total. The first kappa shape index (κ1) is 15.6. The van der Waals surface area contributed by atoms with E-state index in [0.717, 1.165) is 39.0 Å². The normalized spacial score (nSPS) is 26.2. The molecule has 1 saturated heterocycles. The maximum absolute atomic E-state index is 12.0. The van der Waals surface area contributed by atoms with Gasteiger partial charge in [-0.05, 0) is 57.5 Å². The summed E-state index contributed by atoms with van der Waals surface area (Å²) in [4.78, 5) is 14.4. The molecule has 116 valence electrons. The third kappa shape index (κ3) is 4.09. The number of aliphatic hydroxyl groups excluding tert-OH is 1. The van der Waals surface area contributed by atoms with E-state index in [0.29, 0.717) is 11.8 Å². The summed E-state index contributed by atoms with van der Waals surface area (Å²) in [5.41, 5.74) is -0.450. The maximum atomic E-state index is 12.0. The Hall–Kier alpha value is -0.810. The Morgan fingerprint density at radius 3 is 2.75 bits per heavy atom. The first-order chi connectivity index (χ1) is 9.57. The van der Waals surface area contributed by atoms with Crippen LogP contribution >= 0.6 is 0 Å². The predicted octanol–water partition coefficient (Wildman–Crippen LogP) is 1.18. The fourth-order valence-electron chi connectivity index (χ4n) is 3.13. The number of amides is 2. The van der Waals surface area contributed by atoms with Gasteiger partial charge >= 0.3 is 6.03 Å². The zero-order chi connectivity index (χ0) is 14.6. The van der Waals surface area contributed by atoms with Gasteiger partial charge in [-0.2, -0.15) is 0 Å². The fraction of sp³-hybridized carbons (Fsp3) is 0.933. The number of urea groups is 1. The molecule has 2 rings (SSSR count). The van der Waals surface area contributed by atoms with Gasteiger partial charge in [0.05, 0.1) is 12.1 Å². The lowest BCUT2D eigenvalue weighted by Gasteiger charge is -2.29. The fourth-order valence-corrected chi connectivity index (χ4v) is 3.13. The summed E-state index contributed by atoms with van der Waals surface area (Å²) in [7, 11) is 0. The highest BCUT2D eigenvalue weighted by Gasteiger charge is 2.42. The van der Waals surface area contributed by atoms with Gasteiger partial charge in [-0.3, -0.25) is 0 Å². The second-order valence-corrected chi connectivity index (χ2v) is 6.64. The summed E-state index contributed by atoms with van der Waals surface area (Å²) in [6, 6.07) is -0.137. The van der Waals surface area contributed by atoms with E-state index in [9.17, 15) is 9.90 Å². The van der Waals surface area contributed by atoms with Crippen molar-refractivity contribution in [2.75, 3.05) is 32.8 Å². The van der Waals surface area contributed by atoms with Crippen molar-refractivity contribution in [3.05, 3.63) is 0 Å². The third-order valence-corrected chi connectivity index (χ3v) is 4.67. The van der Waals surface area contributed by atoms with Crippen molar-refractivity contribution in [1.82, 2.24) is 15.5 Å². The minimum absolute atomic E-state index is 0.0127. The zero-order valence-electron chi connectivity index (χ0n) is 12.8. The number of aliphatic hydroxyl groups is 1. The van der Waals surface area contributed by atoms with Crippen LogP contribution in [-0.4, -0.2) is 54.4 Å². The molecule has 1 aliphatic carbocycles. The average Bonchev–Trinajstić information content (AvgIpc) is 3.19. The van der Waals surface area contributed by atoms with E-state index < -0.39 is 5.54 Å². The minimum atomic E-state index is -0.450. The van der Waals surface area contributed by atoms with Gasteiger partial charge in [-0.25, -0.2) is 4.79 Å². The Labute approximate surface area is 122 Å². The Morgan fingerprint density at radius 2 is 2.15 bits per heavy atom. The van der Waals surface area contributed by atoms with E-state index in [-0.39, 0.29) is 12.6 Å². The van der Waals surface area contributed by atoms with Crippen molar-refractivity contribution in [1.29, 1.82) is 0 Å². The van der Waals surface area contributed by atoms with Crippen LogP contribution in [0.25, 0.3) is 0 Å². The average molecular weight is 283 g/mol. The predicted molar refractivity (Wildman–Crippen MR) is 79.6 cm³/mol. The van der Waals surface area contributed by atoms with Gasteiger partial charge < -0.3 is 20.6 Å². The summed E-state index contributed by atoms with van der Waals surface area (Å²) < 4.78 is 0. The zero-order valence-corrected chi connectivity index (χ0v) is 12.8. The number of nitrogens with one attached hydrogen (secondary N) is 2. The van der Waals surface area contributed by atoms with Gasteiger partial charge in [0.15, 0.2) is 0 Å². The van der Waals surface area contributed by atoms with Crippen molar-refractivity contribution in [3.8, 4) is 0 Å². The minimum Gasteiger partial charge on any atom is -0.394 e. The number of hydrogen-bond acceptors (Lipinski definition) is 3. The van der Waals surface area contributed by atoms with Gasteiger partial charge in [0.1, 0.15) is 0 Å². The van der Waals surface area contributed by atoms with Gasteiger partial charge in [0, 0.05) is 13.1 Å². The number of rotatable bonds is 7. The van der Waals surface area contributed by atoms with E-state index in [1.54, 1.807) is 0 Å². The second kappa shape index (κ2) is 6.76. The number of hydrogen-bond donors (Lipinski definition) is 3. The first-order valence-corrected chi connectivity index (χ1v) is 7.96. The smallest absolute Gasteiger partial charge is 0.315 e. The van der Waals surface area contributed by atoms with Crippen LogP contribution in [0.5, 0.6) is 0 Å². The van der Waals surface area contributed by atoms with Crippen molar-refractivity contribution in [2.24, 2.45) is 11.8 Å². The molecule has 1 aliphatic heterocycles. The molecular weight excluding hydrogens is 254 g/mol. The summed E-state index contributed by atoms with van der Waals surface area (Å²) in [6.07, 6.45) is 4.56. The molecule has 2 atom stereocenters. The van der Waals surface area contributed by atoms with Crippen molar-refractivity contribution in [3.63, 3.8) is 0 Å². The van der Waals surface area contributed by atoms with Gasteiger partial charge in [0.25, 0.3) is 0 Å². The molecule has 2 aliphatic rings. The molecule has 5 heteroatoms. The standard InChI is InChI=1S/C15H29N3O2/c1-3-7-18-8-6-12(10-18)9-16-14(20)17-15(2,11-19)13-4-5-13/h12-13,19H,3-11H2,1-2H3,(H2,16,17,20). The molecule has 2 unspecified atom stereocenters. The summed E-state index contributed by atoms with van der Waals surface area (Å²) in [6.45, 7) is 8.28. The topological polar surface area (TPSA) is 64.6 Å². The van der Waals surface area contributed by atoms with Crippen LogP contribution in [0, 0.1) is 11.8 Å². The first-order valence-electron chi connectivity index (χ1n) is 7.96. The van der Waals surface area contributed by atoms with Crippen LogP contribution in [0.2, 0.25) is 0 Å². The van der Waals surface area contributed by atoms with Crippen molar-refractivity contribution in [2.45, 2.75) is 45.1 Å². The van der Waals surface area contributed by atoms with Gasteiger partial charge in [-0.1, -0.05) is 6.92 Å². The van der Waals surface area contributed by atoms with Gasteiger partial charge in [0.2, 0.25) is 0 Å². The third-order valence-electron chi connectivity index (χ3n) is 4.67. The molecule has 0 bridgehead atoms. The number of likely N-dealkylation sites (tertiary alicyclic amines) is 1. The Balaban J connectivity index is 1.67. The van der Waals surface area contributed by atoms with Crippen LogP contribution in [0.4, 0.5) is 4.79 Å². The molecule has 20 heavy (non-hydrogen) atoms. The van der Waals surface area contributed by atoms with Gasteiger partial charge in [-0.15, -0.1) is 0 Å². The van der Waals surface area contributed by atoms with E-state index in [2.05, 4.69) is 22.5 Å². The van der Waals surface area contributed by atoms with E-state index in [4.69, 9.17) is 0 Å². The highest BCUT2D eigenvalue weighted by atomic mass is 16.3. The van der Waals surface area contributed by atoms with Crippen LogP contribution in [0.3, 0.4) is 0 Å². The largest absolute Gasteiger partial charge is 0.394 e. The van der Waals surface area contributed by atoms with Crippen LogP contribution in [0.1, 0.15) is 39.5 Å². The van der Waals surface area contributed by atoms with E-state index in [1.807, 2.05) is 6.92 Å². The molecule has 1 saturated carbocycles. The molecular formula is C15H29N3O2. The Morgan fingerprint density at radius 1 is 1.40 bits per heavy atom. The van der Waals surface area contributed by atoms with Crippen molar-refractivity contribution < 1.29 is 9.90 Å². The highest BCUT2D eigenvalue weighted by molar-refractivity contribution is 5.74. The monoisotopic (exact) mass is 283 g/mol. The van der Waals surface area contributed by atoms with Crippen LogP contribution < -0.4 is 10.6 Å². The highest BCUT2D eigenvalue weighted by Crippen LogP contribution is 2.39. The molecule has 0 aromatic heterocycles. The quantitative estimate of drug-likeness (QED) is 0.657. The lowest BCUT2D eigenvalue weighted by Crippen LogP contribution is -2.54. The molecule has 0 aromatic carbocycles. The van der Waals surface area contributed by atoms with E-state index in [1.165, 1.54) is 12.8 Å². The van der Waals surface area contributed by atoms with Crippen molar-refractivity contribution >= 4 is 6.03 Å². The summed E-state index contributed by atoms with van der Waals surface area (Å²) in [5, 5.41) is 15.4. The second-order valence-electron chi connectivity index (χ2n) is 6.64. The number of nitrogens with zero attached hydrogens (tertiary/aromatic N) is 1. The Kier molecular flexibility index (Phi) is 5.27. The maximum Gasteiger partial charge on any atom is 0.315 e. The number of carbonyl (C=O) groups excluding carboxylic acids is 1. The summed E-state index contributed by atoms with van der Waals surface area (Å²) in [5.74, 6) is 0.999. The van der Waals surface area contributed by atoms with E-state index >= 15 is 0 Å². The number of carbonyl (C=O) groups is 1. The lowest BCUT2D eigenvalue weighted by molar-refractivity contribution is 0.154. The molecule has 5 nitrogen and oxygen atoms in total. The summed E-state index contributed by atoms with van der Waals surface area (Å²) >= 11 is 0. The molecule has 2 fully saturated rings. The molecule has 0 aromatic rings. The Bertz CT molecular complexity index is 333. The van der Waals surface area contributed by atoms with Crippen LogP contribution in [-0.2, 0) is 0 Å².